The Morgan fingerprint density at radius 2 is 2.19 bits per heavy atom. The molecule has 1 fully saturated rings. The minimum absolute atomic E-state index is 0.102. The molecule has 2 rings (SSSR count). The maximum Gasteiger partial charge on any atom is 0.289 e. The van der Waals surface area contributed by atoms with Crippen molar-refractivity contribution in [2.75, 3.05) is 13.2 Å². The van der Waals surface area contributed by atoms with Gasteiger partial charge in [-0.3, -0.25) is 10.1 Å². The van der Waals surface area contributed by atoms with Crippen LogP contribution in [0.1, 0.15) is 19.3 Å². The molecule has 0 amide bonds. The minimum atomic E-state index is -3.83. The Kier molecular flexibility index (Phi) is 5.15. The van der Waals surface area contributed by atoms with E-state index in [2.05, 4.69) is 4.72 Å². The van der Waals surface area contributed by atoms with Crippen molar-refractivity contribution in [3.63, 3.8) is 0 Å². The lowest BCUT2D eigenvalue weighted by Crippen LogP contribution is -2.35. The number of rotatable bonds is 5. The van der Waals surface area contributed by atoms with E-state index in [0.717, 1.165) is 25.3 Å². The molecule has 0 aromatic heterocycles. The van der Waals surface area contributed by atoms with E-state index in [1.165, 1.54) is 12.1 Å². The summed E-state index contributed by atoms with van der Waals surface area (Å²) in [4.78, 5) is 9.89. The first-order valence-electron chi connectivity index (χ1n) is 6.45. The van der Waals surface area contributed by atoms with Crippen molar-refractivity contribution in [3.8, 4) is 0 Å². The SMILES string of the molecule is O=[N+]([O-])c1cc(S(=O)(=O)NCC2CCCCO2)ccc1Cl. The molecule has 1 atom stereocenters. The number of nitro groups is 1. The Labute approximate surface area is 127 Å². The quantitative estimate of drug-likeness (QED) is 0.656. The molecule has 0 bridgehead atoms. The normalized spacial score (nSPS) is 19.4. The van der Waals surface area contributed by atoms with E-state index in [4.69, 9.17) is 16.3 Å². The topological polar surface area (TPSA) is 98.5 Å². The Bertz CT molecular complexity index is 629. The Morgan fingerprint density at radius 3 is 2.81 bits per heavy atom. The smallest absolute Gasteiger partial charge is 0.289 e. The summed E-state index contributed by atoms with van der Waals surface area (Å²) in [5.74, 6) is 0. The van der Waals surface area contributed by atoms with Gasteiger partial charge in [0.05, 0.1) is 15.9 Å². The number of halogens is 1. The molecule has 1 N–H and O–H groups in total. The summed E-state index contributed by atoms with van der Waals surface area (Å²) in [6, 6.07) is 3.39. The van der Waals surface area contributed by atoms with E-state index < -0.39 is 20.6 Å². The van der Waals surface area contributed by atoms with Crippen molar-refractivity contribution in [1.82, 2.24) is 4.72 Å². The van der Waals surface area contributed by atoms with Crippen LogP contribution in [-0.4, -0.2) is 32.6 Å². The van der Waals surface area contributed by atoms with Crippen LogP contribution in [0.5, 0.6) is 0 Å². The van der Waals surface area contributed by atoms with E-state index in [-0.39, 0.29) is 22.6 Å². The van der Waals surface area contributed by atoms with Gasteiger partial charge in [0.15, 0.2) is 0 Å². The van der Waals surface area contributed by atoms with Gasteiger partial charge in [0.25, 0.3) is 5.69 Å². The Balaban J connectivity index is 2.11. The summed E-state index contributed by atoms with van der Waals surface area (Å²) >= 11 is 5.66. The first-order chi connectivity index (χ1) is 9.90. The van der Waals surface area contributed by atoms with Gasteiger partial charge in [-0.15, -0.1) is 0 Å². The van der Waals surface area contributed by atoms with Crippen LogP contribution in [-0.2, 0) is 14.8 Å². The molecule has 0 saturated carbocycles. The number of nitro benzene ring substituents is 1. The van der Waals surface area contributed by atoms with Crippen LogP contribution in [0.2, 0.25) is 5.02 Å². The molecule has 21 heavy (non-hydrogen) atoms. The van der Waals surface area contributed by atoms with Crippen LogP contribution < -0.4 is 4.72 Å². The average Bonchev–Trinajstić information content (AvgIpc) is 2.46. The van der Waals surface area contributed by atoms with Gasteiger partial charge in [-0.2, -0.15) is 0 Å². The molecule has 1 aliphatic rings. The number of ether oxygens (including phenoxy) is 1. The van der Waals surface area contributed by atoms with Gasteiger partial charge in [0.1, 0.15) is 5.02 Å². The predicted octanol–water partition coefficient (Wildman–Crippen LogP) is 2.10. The monoisotopic (exact) mass is 334 g/mol. The molecule has 1 aliphatic heterocycles. The maximum absolute atomic E-state index is 12.1. The summed E-state index contributed by atoms with van der Waals surface area (Å²) in [5.41, 5.74) is -0.437. The molecule has 7 nitrogen and oxygen atoms in total. The highest BCUT2D eigenvalue weighted by Gasteiger charge is 2.22. The number of sulfonamides is 1. The molecule has 9 heteroatoms. The third-order valence-electron chi connectivity index (χ3n) is 3.20. The molecule has 1 aromatic carbocycles. The molecule has 0 radical (unpaired) electrons. The molecular weight excluding hydrogens is 320 g/mol. The second kappa shape index (κ2) is 6.69. The lowest BCUT2D eigenvalue weighted by Gasteiger charge is -2.22. The first-order valence-corrected chi connectivity index (χ1v) is 8.31. The molecule has 116 valence electrons. The first kappa shape index (κ1) is 16.2. The van der Waals surface area contributed by atoms with Crippen LogP contribution >= 0.6 is 11.6 Å². The Morgan fingerprint density at radius 1 is 1.43 bits per heavy atom. The average molecular weight is 335 g/mol. The molecule has 1 heterocycles. The second-order valence-corrected chi connectivity index (χ2v) is 6.88. The zero-order valence-corrected chi connectivity index (χ0v) is 12.7. The molecule has 1 aromatic rings. The van der Waals surface area contributed by atoms with E-state index in [1.807, 2.05) is 0 Å². The number of nitrogens with zero attached hydrogens (tertiary/aromatic N) is 1. The summed E-state index contributed by atoms with van der Waals surface area (Å²) in [7, 11) is -3.83. The molecule has 0 spiro atoms. The minimum Gasteiger partial charge on any atom is -0.377 e. The van der Waals surface area contributed by atoms with Gasteiger partial charge >= 0.3 is 0 Å². The largest absolute Gasteiger partial charge is 0.377 e. The van der Waals surface area contributed by atoms with Gasteiger partial charge in [0, 0.05) is 19.2 Å². The fourth-order valence-corrected chi connectivity index (χ4v) is 3.33. The fraction of sp³-hybridized carbons (Fsp3) is 0.500. The van der Waals surface area contributed by atoms with Crippen molar-refractivity contribution in [1.29, 1.82) is 0 Å². The highest BCUT2D eigenvalue weighted by Crippen LogP contribution is 2.27. The molecule has 1 unspecified atom stereocenters. The van der Waals surface area contributed by atoms with Crippen molar-refractivity contribution < 1.29 is 18.1 Å². The van der Waals surface area contributed by atoms with E-state index in [1.54, 1.807) is 0 Å². The number of hydrogen-bond acceptors (Lipinski definition) is 5. The number of hydrogen-bond donors (Lipinski definition) is 1. The van der Waals surface area contributed by atoms with Crippen LogP contribution in [0.15, 0.2) is 23.1 Å². The van der Waals surface area contributed by atoms with Crippen molar-refractivity contribution in [2.24, 2.45) is 0 Å². The van der Waals surface area contributed by atoms with Crippen LogP contribution in [0.25, 0.3) is 0 Å². The molecular formula is C12H15ClN2O5S. The van der Waals surface area contributed by atoms with Gasteiger partial charge in [0.2, 0.25) is 10.0 Å². The van der Waals surface area contributed by atoms with Crippen molar-refractivity contribution in [3.05, 3.63) is 33.3 Å². The zero-order valence-electron chi connectivity index (χ0n) is 11.1. The lowest BCUT2D eigenvalue weighted by atomic mass is 10.1. The zero-order chi connectivity index (χ0) is 15.5. The van der Waals surface area contributed by atoms with Crippen LogP contribution in [0, 0.1) is 10.1 Å². The maximum atomic E-state index is 12.1. The van der Waals surface area contributed by atoms with Crippen molar-refractivity contribution in [2.45, 2.75) is 30.3 Å². The van der Waals surface area contributed by atoms with Gasteiger partial charge in [-0.25, -0.2) is 13.1 Å². The third kappa shape index (κ3) is 4.13. The Hall–Kier alpha value is -1.22. The highest BCUT2D eigenvalue weighted by atomic mass is 35.5. The van der Waals surface area contributed by atoms with Crippen LogP contribution in [0.3, 0.4) is 0 Å². The standard InChI is InChI=1S/C12H15ClN2O5S/c13-11-5-4-10(7-12(11)15(16)17)21(18,19)14-8-9-3-1-2-6-20-9/h4-5,7,9,14H,1-3,6,8H2. The van der Waals surface area contributed by atoms with Gasteiger partial charge < -0.3 is 4.74 Å². The number of nitrogens with one attached hydrogen (secondary N) is 1. The van der Waals surface area contributed by atoms with Crippen molar-refractivity contribution >= 4 is 27.3 Å². The van der Waals surface area contributed by atoms with E-state index >= 15 is 0 Å². The molecule has 0 aliphatic carbocycles. The van der Waals surface area contributed by atoms with Gasteiger partial charge in [-0.1, -0.05) is 11.6 Å². The lowest BCUT2D eigenvalue weighted by molar-refractivity contribution is -0.384. The second-order valence-electron chi connectivity index (χ2n) is 4.71. The summed E-state index contributed by atoms with van der Waals surface area (Å²) in [6.07, 6.45) is 2.62. The van der Waals surface area contributed by atoms with Gasteiger partial charge in [-0.05, 0) is 31.4 Å². The third-order valence-corrected chi connectivity index (χ3v) is 4.94. The number of benzene rings is 1. The highest BCUT2D eigenvalue weighted by molar-refractivity contribution is 7.89. The fourth-order valence-electron chi connectivity index (χ4n) is 2.05. The van der Waals surface area contributed by atoms with E-state index in [9.17, 15) is 18.5 Å². The summed E-state index contributed by atoms with van der Waals surface area (Å²) in [6.45, 7) is 0.775. The predicted molar refractivity (Wildman–Crippen MR) is 76.9 cm³/mol. The van der Waals surface area contributed by atoms with E-state index in [0.29, 0.717) is 6.61 Å². The molecule has 1 saturated heterocycles. The summed E-state index contributed by atoms with van der Waals surface area (Å²) in [5, 5.41) is 10.7. The van der Waals surface area contributed by atoms with Crippen LogP contribution in [0.4, 0.5) is 5.69 Å². The summed E-state index contributed by atoms with van der Waals surface area (Å²) < 4.78 is 32.1.